The first-order valence-corrected chi connectivity index (χ1v) is 12.8. The summed E-state index contributed by atoms with van der Waals surface area (Å²) in [6.45, 7) is 6.04. The summed E-state index contributed by atoms with van der Waals surface area (Å²) in [7, 11) is 0. The SMILES string of the molecule is Cc1ccc(C)c(C(CCCCc2ccccc2)C(=O)NN2CCCC(c3ccccc3)C2)c1. The molecule has 0 saturated carbocycles. The van der Waals surface area contributed by atoms with Gasteiger partial charge in [-0.05, 0) is 74.1 Å². The van der Waals surface area contributed by atoms with Crippen LogP contribution in [-0.2, 0) is 11.2 Å². The maximum atomic E-state index is 13.6. The van der Waals surface area contributed by atoms with Crippen LogP contribution in [0.1, 0.15) is 71.8 Å². The maximum absolute atomic E-state index is 13.6. The van der Waals surface area contributed by atoms with Gasteiger partial charge >= 0.3 is 0 Å². The maximum Gasteiger partial charge on any atom is 0.241 e. The van der Waals surface area contributed by atoms with Crippen molar-refractivity contribution < 1.29 is 4.79 Å². The number of aryl methyl sites for hydroxylation is 3. The molecule has 3 heteroatoms. The second-order valence-corrected chi connectivity index (χ2v) is 9.82. The van der Waals surface area contributed by atoms with Gasteiger partial charge in [0.25, 0.3) is 0 Å². The predicted octanol–water partition coefficient (Wildman–Crippen LogP) is 6.71. The number of rotatable bonds is 9. The second kappa shape index (κ2) is 12.0. The highest BCUT2D eigenvalue weighted by Gasteiger charge is 2.27. The van der Waals surface area contributed by atoms with E-state index in [0.717, 1.165) is 45.2 Å². The van der Waals surface area contributed by atoms with Crippen molar-refractivity contribution in [1.82, 2.24) is 10.4 Å². The Hall–Kier alpha value is -2.91. The molecule has 178 valence electrons. The van der Waals surface area contributed by atoms with Crippen LogP contribution in [0.15, 0.2) is 78.9 Å². The average Bonchev–Trinajstić information content (AvgIpc) is 2.87. The first-order chi connectivity index (χ1) is 16.6. The second-order valence-electron chi connectivity index (χ2n) is 9.82. The summed E-state index contributed by atoms with van der Waals surface area (Å²) in [4.78, 5) is 13.6. The summed E-state index contributed by atoms with van der Waals surface area (Å²) in [5.74, 6) is 0.496. The molecule has 1 amide bonds. The summed E-state index contributed by atoms with van der Waals surface area (Å²) in [5, 5.41) is 2.16. The number of benzene rings is 3. The van der Waals surface area contributed by atoms with Gasteiger partial charge in [0.15, 0.2) is 0 Å². The molecular weight excluding hydrogens is 416 g/mol. The molecule has 1 aliphatic heterocycles. The number of carbonyl (C=O) groups excluding carboxylic acids is 1. The zero-order chi connectivity index (χ0) is 23.8. The number of nitrogens with one attached hydrogen (secondary N) is 1. The summed E-state index contributed by atoms with van der Waals surface area (Å²) < 4.78 is 0. The molecule has 0 spiro atoms. The van der Waals surface area contributed by atoms with Gasteiger partial charge in [0, 0.05) is 13.1 Å². The molecule has 2 unspecified atom stereocenters. The third kappa shape index (κ3) is 6.57. The van der Waals surface area contributed by atoms with Crippen LogP contribution in [0.4, 0.5) is 0 Å². The van der Waals surface area contributed by atoms with E-state index in [-0.39, 0.29) is 11.8 Å². The van der Waals surface area contributed by atoms with Crippen LogP contribution in [0.3, 0.4) is 0 Å². The van der Waals surface area contributed by atoms with Crippen LogP contribution in [0, 0.1) is 13.8 Å². The van der Waals surface area contributed by atoms with Crippen molar-refractivity contribution in [2.75, 3.05) is 13.1 Å². The Kier molecular flexibility index (Phi) is 8.54. The fraction of sp³-hybridized carbons (Fsp3) is 0.387. The number of carbonyl (C=O) groups is 1. The highest BCUT2D eigenvalue weighted by molar-refractivity contribution is 5.83. The molecule has 4 rings (SSSR count). The highest BCUT2D eigenvalue weighted by Crippen LogP contribution is 2.29. The average molecular weight is 455 g/mol. The molecule has 0 bridgehead atoms. The Morgan fingerprint density at radius 1 is 0.971 bits per heavy atom. The Labute approximate surface area is 205 Å². The van der Waals surface area contributed by atoms with Crippen molar-refractivity contribution in [3.63, 3.8) is 0 Å². The fourth-order valence-corrected chi connectivity index (χ4v) is 5.20. The van der Waals surface area contributed by atoms with Crippen LogP contribution < -0.4 is 5.43 Å². The van der Waals surface area contributed by atoms with Crippen LogP contribution in [0.25, 0.3) is 0 Å². The van der Waals surface area contributed by atoms with Gasteiger partial charge in [-0.2, -0.15) is 0 Å². The molecule has 3 aromatic rings. The Balaban J connectivity index is 1.42. The quantitative estimate of drug-likeness (QED) is 0.364. The molecule has 34 heavy (non-hydrogen) atoms. The van der Waals surface area contributed by atoms with E-state index in [0.29, 0.717) is 5.92 Å². The lowest BCUT2D eigenvalue weighted by Crippen LogP contribution is -2.48. The van der Waals surface area contributed by atoms with Crippen LogP contribution in [0.5, 0.6) is 0 Å². The third-order valence-corrected chi connectivity index (χ3v) is 7.14. The van der Waals surface area contributed by atoms with Crippen LogP contribution in [0.2, 0.25) is 0 Å². The topological polar surface area (TPSA) is 32.3 Å². The van der Waals surface area contributed by atoms with Gasteiger partial charge in [-0.3, -0.25) is 10.2 Å². The van der Waals surface area contributed by atoms with E-state index in [1.54, 1.807) is 0 Å². The minimum Gasteiger partial charge on any atom is -0.288 e. The molecule has 0 aliphatic carbocycles. The Morgan fingerprint density at radius 2 is 1.71 bits per heavy atom. The smallest absolute Gasteiger partial charge is 0.241 e. The van der Waals surface area contributed by atoms with E-state index in [9.17, 15) is 4.79 Å². The molecule has 1 aliphatic rings. The Bertz CT molecular complexity index is 1050. The van der Waals surface area contributed by atoms with Gasteiger partial charge in [0.1, 0.15) is 0 Å². The molecule has 1 N–H and O–H groups in total. The van der Waals surface area contributed by atoms with Crippen molar-refractivity contribution in [3.05, 3.63) is 107 Å². The number of hydrazine groups is 1. The van der Waals surface area contributed by atoms with E-state index < -0.39 is 0 Å². The lowest BCUT2D eigenvalue weighted by atomic mass is 9.88. The molecule has 3 nitrogen and oxygen atoms in total. The van der Waals surface area contributed by atoms with Crippen LogP contribution in [-0.4, -0.2) is 24.0 Å². The molecular formula is C31H38N2O. The first kappa shape index (κ1) is 24.2. The highest BCUT2D eigenvalue weighted by atomic mass is 16.2. The zero-order valence-corrected chi connectivity index (χ0v) is 20.7. The van der Waals surface area contributed by atoms with Crippen molar-refractivity contribution in [2.24, 2.45) is 0 Å². The number of unbranched alkanes of at least 4 members (excludes halogenated alkanes) is 1. The first-order valence-electron chi connectivity index (χ1n) is 12.8. The van der Waals surface area contributed by atoms with Gasteiger partial charge in [0.05, 0.1) is 5.92 Å². The lowest BCUT2D eigenvalue weighted by molar-refractivity contribution is -0.128. The molecule has 0 aromatic heterocycles. The standard InChI is InChI=1S/C31H38N2O/c1-24-19-20-25(2)30(22-24)29(18-10-9-14-26-12-5-3-6-13-26)31(34)32-33-21-11-17-28(23-33)27-15-7-4-8-16-27/h3-8,12-13,15-16,19-20,22,28-29H,9-11,14,17-18,21,23H2,1-2H3,(H,32,34). The van der Waals surface area contributed by atoms with Crippen molar-refractivity contribution in [1.29, 1.82) is 0 Å². The predicted molar refractivity (Wildman–Crippen MR) is 141 cm³/mol. The van der Waals surface area contributed by atoms with Gasteiger partial charge in [-0.15, -0.1) is 0 Å². The number of amides is 1. The van der Waals surface area contributed by atoms with Gasteiger partial charge in [0.2, 0.25) is 5.91 Å². The lowest BCUT2D eigenvalue weighted by Gasteiger charge is -2.34. The van der Waals surface area contributed by atoms with Gasteiger partial charge in [-0.25, -0.2) is 5.01 Å². The number of hydrogen-bond acceptors (Lipinski definition) is 2. The molecule has 3 aromatic carbocycles. The fourth-order valence-electron chi connectivity index (χ4n) is 5.20. The summed E-state index contributed by atoms with van der Waals surface area (Å²) in [5.41, 5.74) is 9.65. The van der Waals surface area contributed by atoms with Crippen molar-refractivity contribution in [3.8, 4) is 0 Å². The van der Waals surface area contributed by atoms with E-state index in [2.05, 4.69) is 103 Å². The normalized spacial score (nSPS) is 17.3. The number of piperidine rings is 1. The largest absolute Gasteiger partial charge is 0.288 e. The summed E-state index contributed by atoms with van der Waals surface area (Å²) in [6.07, 6.45) is 6.35. The van der Waals surface area contributed by atoms with Gasteiger partial charge in [-0.1, -0.05) is 90.8 Å². The summed E-state index contributed by atoms with van der Waals surface area (Å²) in [6, 6.07) is 27.8. The van der Waals surface area contributed by atoms with E-state index in [4.69, 9.17) is 0 Å². The van der Waals surface area contributed by atoms with Crippen molar-refractivity contribution >= 4 is 5.91 Å². The third-order valence-electron chi connectivity index (χ3n) is 7.14. The summed E-state index contributed by atoms with van der Waals surface area (Å²) >= 11 is 0. The zero-order valence-electron chi connectivity index (χ0n) is 20.7. The molecule has 1 fully saturated rings. The minimum absolute atomic E-state index is 0.118. The monoisotopic (exact) mass is 454 g/mol. The van der Waals surface area contributed by atoms with E-state index >= 15 is 0 Å². The van der Waals surface area contributed by atoms with Crippen molar-refractivity contribution in [2.45, 2.75) is 64.2 Å². The van der Waals surface area contributed by atoms with E-state index in [1.165, 1.54) is 34.2 Å². The van der Waals surface area contributed by atoms with Gasteiger partial charge < -0.3 is 0 Å². The van der Waals surface area contributed by atoms with E-state index in [1.807, 2.05) is 0 Å². The molecule has 1 saturated heterocycles. The number of hydrogen-bond donors (Lipinski definition) is 1. The Morgan fingerprint density at radius 3 is 2.47 bits per heavy atom. The van der Waals surface area contributed by atoms with Crippen LogP contribution >= 0.6 is 0 Å². The molecule has 0 radical (unpaired) electrons. The number of nitrogens with zero attached hydrogens (tertiary/aromatic N) is 1. The minimum atomic E-state index is -0.118. The molecule has 1 heterocycles. The molecule has 2 atom stereocenters.